The SMILES string of the molecule is C=C(C)C(=O)OCC(O)COCCC[SiH2]O[SiH2]CCCOCC(O)COC(=O)C(=C)C. The third-order valence-electron chi connectivity index (χ3n) is 3.79. The minimum atomic E-state index is -0.834. The van der Waals surface area contributed by atoms with E-state index in [9.17, 15) is 19.8 Å². The maximum atomic E-state index is 11.2. The number of hydrogen-bond donors (Lipinski definition) is 2. The molecule has 0 fully saturated rings. The van der Waals surface area contributed by atoms with Gasteiger partial charge in [0.15, 0.2) is 0 Å². The third kappa shape index (κ3) is 19.1. The van der Waals surface area contributed by atoms with Crippen LogP contribution in [0.3, 0.4) is 0 Å². The predicted molar refractivity (Wildman–Crippen MR) is 122 cm³/mol. The highest BCUT2D eigenvalue weighted by atomic mass is 28.3. The van der Waals surface area contributed by atoms with Crippen molar-refractivity contribution in [2.24, 2.45) is 0 Å². The summed E-state index contributed by atoms with van der Waals surface area (Å²) in [6.45, 7) is 11.2. The summed E-state index contributed by atoms with van der Waals surface area (Å²) >= 11 is 0. The summed E-state index contributed by atoms with van der Waals surface area (Å²) in [6.07, 6.45) is 0.101. The zero-order valence-corrected chi connectivity index (χ0v) is 21.6. The molecule has 180 valence electrons. The Labute approximate surface area is 189 Å². The third-order valence-corrected chi connectivity index (χ3v) is 7.67. The zero-order chi connectivity index (χ0) is 23.5. The number of carbonyl (C=O) groups is 2. The van der Waals surface area contributed by atoms with Gasteiger partial charge in [-0.3, -0.25) is 0 Å². The molecule has 0 amide bonds. The lowest BCUT2D eigenvalue weighted by Gasteiger charge is -2.12. The molecule has 0 aliphatic rings. The van der Waals surface area contributed by atoms with E-state index in [1.807, 2.05) is 0 Å². The molecular formula is C20H38O9Si2. The van der Waals surface area contributed by atoms with Crippen molar-refractivity contribution >= 4 is 31.5 Å². The molecule has 0 rings (SSSR count). The fourth-order valence-electron chi connectivity index (χ4n) is 2.04. The summed E-state index contributed by atoms with van der Waals surface area (Å²) in [6, 6.07) is 2.03. The van der Waals surface area contributed by atoms with Gasteiger partial charge in [0, 0.05) is 24.4 Å². The highest BCUT2D eigenvalue weighted by molar-refractivity contribution is 6.42. The van der Waals surface area contributed by atoms with E-state index in [0.29, 0.717) is 24.4 Å². The monoisotopic (exact) mass is 478 g/mol. The summed E-state index contributed by atoms with van der Waals surface area (Å²) in [5.74, 6) is -1.03. The van der Waals surface area contributed by atoms with Gasteiger partial charge in [-0.25, -0.2) is 9.59 Å². The van der Waals surface area contributed by atoms with Crippen LogP contribution in [0.5, 0.6) is 0 Å². The Morgan fingerprint density at radius 3 is 1.52 bits per heavy atom. The first kappa shape index (κ1) is 29.7. The van der Waals surface area contributed by atoms with Crippen LogP contribution in [0.2, 0.25) is 12.1 Å². The van der Waals surface area contributed by atoms with Crippen LogP contribution in [-0.2, 0) is 32.7 Å². The molecule has 2 atom stereocenters. The Morgan fingerprint density at radius 1 is 0.774 bits per heavy atom. The van der Waals surface area contributed by atoms with Crippen LogP contribution in [-0.4, -0.2) is 93.5 Å². The van der Waals surface area contributed by atoms with E-state index in [0.717, 1.165) is 24.9 Å². The van der Waals surface area contributed by atoms with Crippen molar-refractivity contribution in [3.63, 3.8) is 0 Å². The van der Waals surface area contributed by atoms with Crippen molar-refractivity contribution in [1.82, 2.24) is 0 Å². The van der Waals surface area contributed by atoms with E-state index >= 15 is 0 Å². The van der Waals surface area contributed by atoms with Gasteiger partial charge < -0.3 is 33.3 Å². The number of carbonyl (C=O) groups excluding carboxylic acids is 2. The first-order chi connectivity index (χ1) is 14.7. The minimum Gasteiger partial charge on any atom is -0.465 e. The molecule has 0 aromatic heterocycles. The molecule has 0 aromatic carbocycles. The van der Waals surface area contributed by atoms with E-state index in [-0.39, 0.29) is 26.4 Å². The quantitative estimate of drug-likeness (QED) is 0.106. The van der Waals surface area contributed by atoms with Crippen molar-refractivity contribution in [3.05, 3.63) is 24.3 Å². The number of ether oxygens (including phenoxy) is 4. The molecule has 0 saturated carbocycles. The molecule has 0 spiro atoms. The van der Waals surface area contributed by atoms with Crippen LogP contribution in [0.15, 0.2) is 24.3 Å². The number of rotatable bonds is 20. The van der Waals surface area contributed by atoms with Gasteiger partial charge in [0.1, 0.15) is 44.9 Å². The second kappa shape index (κ2) is 19.3. The first-order valence-electron chi connectivity index (χ1n) is 10.5. The Hall–Kier alpha value is -1.35. The minimum absolute atomic E-state index is 0.0969. The summed E-state index contributed by atoms with van der Waals surface area (Å²) in [5.41, 5.74) is 0.596. The molecule has 31 heavy (non-hydrogen) atoms. The zero-order valence-electron chi connectivity index (χ0n) is 18.8. The summed E-state index contributed by atoms with van der Waals surface area (Å²) in [7, 11) is -1.07. The number of aliphatic hydroxyl groups excluding tert-OH is 2. The Bertz CT molecular complexity index is 497. The fraction of sp³-hybridized carbons (Fsp3) is 0.700. The molecule has 0 aromatic rings. The first-order valence-corrected chi connectivity index (χ1v) is 13.6. The van der Waals surface area contributed by atoms with Crippen molar-refractivity contribution in [3.8, 4) is 0 Å². The highest BCUT2D eigenvalue weighted by Crippen LogP contribution is 1.99. The Morgan fingerprint density at radius 2 is 1.16 bits per heavy atom. The van der Waals surface area contributed by atoms with Gasteiger partial charge in [-0.15, -0.1) is 0 Å². The van der Waals surface area contributed by atoms with Gasteiger partial charge in [0.05, 0.1) is 13.2 Å². The predicted octanol–water partition coefficient (Wildman–Crippen LogP) is -0.219. The molecule has 0 saturated heterocycles. The number of hydrogen-bond acceptors (Lipinski definition) is 9. The summed E-state index contributed by atoms with van der Waals surface area (Å²) < 4.78 is 26.2. The van der Waals surface area contributed by atoms with Crippen molar-refractivity contribution in [1.29, 1.82) is 0 Å². The molecule has 0 bridgehead atoms. The van der Waals surface area contributed by atoms with E-state index in [1.54, 1.807) is 13.8 Å². The molecule has 2 unspecified atom stereocenters. The van der Waals surface area contributed by atoms with Crippen molar-refractivity contribution in [2.75, 3.05) is 39.6 Å². The average molecular weight is 479 g/mol. The van der Waals surface area contributed by atoms with Crippen molar-refractivity contribution in [2.45, 2.75) is 51.0 Å². The fourth-order valence-corrected chi connectivity index (χ4v) is 5.31. The molecular weight excluding hydrogens is 440 g/mol. The normalized spacial score (nSPS) is 13.5. The molecule has 11 heteroatoms. The standard InChI is InChI=1S/C20H38O9Si2/c1-15(2)19(23)27-13-17(21)11-25-7-5-9-30-29-31-10-6-8-26-12-18(22)14-28-20(24)16(3)4/h17-18,21-22H,1,3,5-14,30-31H2,2,4H3. The Kier molecular flexibility index (Phi) is 18.5. The second-order valence-electron chi connectivity index (χ2n) is 7.24. The smallest absolute Gasteiger partial charge is 0.333 e. The molecule has 9 nitrogen and oxygen atoms in total. The Balaban J connectivity index is 3.34. The maximum Gasteiger partial charge on any atom is 0.333 e. The average Bonchev–Trinajstić information content (AvgIpc) is 2.73. The lowest BCUT2D eigenvalue weighted by Crippen LogP contribution is -2.24. The lowest BCUT2D eigenvalue weighted by atomic mass is 10.3. The van der Waals surface area contributed by atoms with Gasteiger partial charge in [0.2, 0.25) is 0 Å². The molecule has 0 aliphatic heterocycles. The van der Waals surface area contributed by atoms with Crippen molar-refractivity contribution < 1.29 is 42.9 Å². The van der Waals surface area contributed by atoms with Crippen LogP contribution >= 0.6 is 0 Å². The lowest BCUT2D eigenvalue weighted by molar-refractivity contribution is -0.143. The van der Waals surface area contributed by atoms with E-state index < -0.39 is 43.7 Å². The topological polar surface area (TPSA) is 121 Å². The van der Waals surface area contributed by atoms with Gasteiger partial charge in [-0.2, -0.15) is 0 Å². The molecule has 0 aliphatic carbocycles. The number of esters is 2. The van der Waals surface area contributed by atoms with Gasteiger partial charge in [0.25, 0.3) is 0 Å². The van der Waals surface area contributed by atoms with E-state index in [1.165, 1.54) is 0 Å². The van der Waals surface area contributed by atoms with Crippen LogP contribution in [0.4, 0.5) is 0 Å². The van der Waals surface area contributed by atoms with Crippen LogP contribution in [0, 0.1) is 0 Å². The van der Waals surface area contributed by atoms with Gasteiger partial charge in [-0.05, 0) is 38.8 Å². The van der Waals surface area contributed by atoms with Crippen LogP contribution in [0.25, 0.3) is 0 Å². The molecule has 0 heterocycles. The number of aliphatic hydroxyl groups is 2. The maximum absolute atomic E-state index is 11.2. The van der Waals surface area contributed by atoms with E-state index in [4.69, 9.17) is 23.1 Å². The van der Waals surface area contributed by atoms with Crippen LogP contribution in [0.1, 0.15) is 26.7 Å². The molecule has 2 N–H and O–H groups in total. The summed E-state index contributed by atoms with van der Waals surface area (Å²) in [5, 5.41) is 19.3. The summed E-state index contributed by atoms with van der Waals surface area (Å²) in [4.78, 5) is 22.4. The largest absolute Gasteiger partial charge is 0.465 e. The van der Waals surface area contributed by atoms with Crippen LogP contribution < -0.4 is 0 Å². The second-order valence-corrected chi connectivity index (χ2v) is 11.1. The van der Waals surface area contributed by atoms with Gasteiger partial charge in [-0.1, -0.05) is 13.2 Å². The molecule has 0 radical (unpaired) electrons. The highest BCUT2D eigenvalue weighted by Gasteiger charge is 2.10. The van der Waals surface area contributed by atoms with Gasteiger partial charge >= 0.3 is 11.9 Å². The van der Waals surface area contributed by atoms with E-state index in [2.05, 4.69) is 13.2 Å².